The Morgan fingerprint density at radius 3 is 2.48 bits per heavy atom. The molecule has 0 saturated carbocycles. The van der Waals surface area contributed by atoms with Gasteiger partial charge in [-0.25, -0.2) is 4.98 Å². The standard InChI is InChI=1S/C22H23ClN4/c23-18-10-8-17(9-11-18)21-16-27-20-7-3-2-6-19(20)24-22(27)26(21)15-14-25-12-4-1-5-13-25/h2-3,6-11,16H,1,4-5,12-15H2. The van der Waals surface area contributed by atoms with Gasteiger partial charge in [-0.1, -0.05) is 42.3 Å². The Kier molecular flexibility index (Phi) is 4.38. The zero-order chi connectivity index (χ0) is 18.2. The molecule has 0 radical (unpaired) electrons. The predicted molar refractivity (Wildman–Crippen MR) is 111 cm³/mol. The highest BCUT2D eigenvalue weighted by molar-refractivity contribution is 6.30. The predicted octanol–water partition coefficient (Wildman–Crippen LogP) is 5.10. The molecule has 0 atom stereocenters. The lowest BCUT2D eigenvalue weighted by Gasteiger charge is -2.26. The van der Waals surface area contributed by atoms with Gasteiger partial charge in [0.15, 0.2) is 0 Å². The van der Waals surface area contributed by atoms with Crippen LogP contribution in [0.15, 0.2) is 54.7 Å². The van der Waals surface area contributed by atoms with Crippen molar-refractivity contribution < 1.29 is 0 Å². The molecule has 5 rings (SSSR count). The lowest BCUT2D eigenvalue weighted by molar-refractivity contribution is 0.222. The second-order valence-electron chi connectivity index (χ2n) is 7.35. The van der Waals surface area contributed by atoms with Crippen molar-refractivity contribution in [2.45, 2.75) is 25.8 Å². The Balaban J connectivity index is 1.59. The van der Waals surface area contributed by atoms with Crippen LogP contribution in [-0.4, -0.2) is 38.5 Å². The molecule has 4 aromatic rings. The van der Waals surface area contributed by atoms with Gasteiger partial charge in [0.05, 0.1) is 16.7 Å². The third-order valence-electron chi connectivity index (χ3n) is 5.59. The summed E-state index contributed by atoms with van der Waals surface area (Å²) in [5, 5.41) is 0.764. The molecule has 1 aliphatic rings. The first-order valence-corrected chi connectivity index (χ1v) is 10.1. The van der Waals surface area contributed by atoms with E-state index in [0.29, 0.717) is 0 Å². The number of hydrogen-bond donors (Lipinski definition) is 0. The Bertz CT molecular complexity index is 1070. The van der Waals surface area contributed by atoms with Crippen LogP contribution < -0.4 is 0 Å². The minimum absolute atomic E-state index is 0.764. The molecule has 3 heterocycles. The van der Waals surface area contributed by atoms with Crippen molar-refractivity contribution in [2.24, 2.45) is 0 Å². The molecule has 0 N–H and O–H groups in total. The number of imidazole rings is 2. The normalized spacial score (nSPS) is 15.7. The van der Waals surface area contributed by atoms with Crippen molar-refractivity contribution >= 4 is 28.4 Å². The summed E-state index contributed by atoms with van der Waals surface area (Å²) in [7, 11) is 0. The largest absolute Gasteiger partial charge is 0.308 e. The van der Waals surface area contributed by atoms with Crippen LogP contribution in [-0.2, 0) is 6.54 Å². The smallest absolute Gasteiger partial charge is 0.215 e. The average Bonchev–Trinajstić information content (AvgIpc) is 3.24. The summed E-state index contributed by atoms with van der Waals surface area (Å²) in [6.45, 7) is 4.43. The molecule has 1 aliphatic heterocycles. The molecule has 27 heavy (non-hydrogen) atoms. The Morgan fingerprint density at radius 2 is 1.67 bits per heavy atom. The zero-order valence-corrected chi connectivity index (χ0v) is 16.1. The molecule has 0 unspecified atom stereocenters. The summed E-state index contributed by atoms with van der Waals surface area (Å²) in [6.07, 6.45) is 6.22. The fraction of sp³-hybridized carbons (Fsp3) is 0.318. The minimum atomic E-state index is 0.764. The Morgan fingerprint density at radius 1 is 0.889 bits per heavy atom. The van der Waals surface area contributed by atoms with Gasteiger partial charge >= 0.3 is 0 Å². The van der Waals surface area contributed by atoms with Gasteiger partial charge in [0.1, 0.15) is 0 Å². The molecule has 2 aromatic heterocycles. The number of benzene rings is 2. The molecule has 5 heteroatoms. The van der Waals surface area contributed by atoms with Gasteiger partial charge in [0.25, 0.3) is 0 Å². The van der Waals surface area contributed by atoms with Gasteiger partial charge in [-0.05, 0) is 55.8 Å². The molecule has 0 bridgehead atoms. The molecular weight excluding hydrogens is 356 g/mol. The van der Waals surface area contributed by atoms with E-state index in [2.05, 4.69) is 50.4 Å². The highest BCUT2D eigenvalue weighted by atomic mass is 35.5. The quantitative estimate of drug-likeness (QED) is 0.494. The van der Waals surface area contributed by atoms with Crippen molar-refractivity contribution in [3.8, 4) is 11.3 Å². The summed E-state index contributed by atoms with van der Waals surface area (Å²) in [5.74, 6) is 1.01. The lowest BCUT2D eigenvalue weighted by Crippen LogP contribution is -2.32. The molecule has 0 spiro atoms. The SMILES string of the molecule is Clc1ccc(-c2cn3c4ccccc4nc3n2CCN2CCCCC2)cc1. The van der Waals surface area contributed by atoms with E-state index in [1.165, 1.54) is 43.6 Å². The Hall–Kier alpha value is -2.30. The van der Waals surface area contributed by atoms with Crippen LogP contribution in [0, 0.1) is 0 Å². The number of nitrogens with zero attached hydrogens (tertiary/aromatic N) is 4. The van der Waals surface area contributed by atoms with Crippen LogP contribution in [0.5, 0.6) is 0 Å². The number of halogens is 1. The van der Waals surface area contributed by atoms with Crippen LogP contribution in [0.1, 0.15) is 19.3 Å². The maximum absolute atomic E-state index is 6.11. The van der Waals surface area contributed by atoms with Gasteiger partial charge in [-0.15, -0.1) is 0 Å². The van der Waals surface area contributed by atoms with E-state index in [0.717, 1.165) is 34.9 Å². The fourth-order valence-corrected chi connectivity index (χ4v) is 4.27. The van der Waals surface area contributed by atoms with Crippen LogP contribution in [0.3, 0.4) is 0 Å². The highest BCUT2D eigenvalue weighted by Gasteiger charge is 2.17. The highest BCUT2D eigenvalue weighted by Crippen LogP contribution is 2.27. The van der Waals surface area contributed by atoms with E-state index in [1.54, 1.807) is 0 Å². The second-order valence-corrected chi connectivity index (χ2v) is 7.78. The van der Waals surface area contributed by atoms with Crippen LogP contribution >= 0.6 is 11.6 Å². The van der Waals surface area contributed by atoms with E-state index in [9.17, 15) is 0 Å². The van der Waals surface area contributed by atoms with Crippen LogP contribution in [0.4, 0.5) is 0 Å². The molecule has 2 aromatic carbocycles. The first-order valence-electron chi connectivity index (χ1n) is 9.74. The van der Waals surface area contributed by atoms with Crippen LogP contribution in [0.2, 0.25) is 5.02 Å². The van der Waals surface area contributed by atoms with Crippen molar-refractivity contribution in [2.75, 3.05) is 19.6 Å². The van der Waals surface area contributed by atoms with Crippen molar-refractivity contribution in [3.05, 3.63) is 59.8 Å². The maximum atomic E-state index is 6.11. The van der Waals surface area contributed by atoms with Gasteiger partial charge in [-0.2, -0.15) is 0 Å². The maximum Gasteiger partial charge on any atom is 0.215 e. The topological polar surface area (TPSA) is 25.5 Å². The fourth-order valence-electron chi connectivity index (χ4n) is 4.15. The third-order valence-corrected chi connectivity index (χ3v) is 5.84. The average molecular weight is 379 g/mol. The number of rotatable bonds is 4. The molecule has 0 amide bonds. The van der Waals surface area contributed by atoms with Crippen LogP contribution in [0.25, 0.3) is 28.1 Å². The van der Waals surface area contributed by atoms with Gasteiger partial charge < -0.3 is 9.47 Å². The summed E-state index contributed by atoms with van der Waals surface area (Å²) in [4.78, 5) is 7.50. The van der Waals surface area contributed by atoms with E-state index < -0.39 is 0 Å². The summed E-state index contributed by atoms with van der Waals surface area (Å²) < 4.78 is 4.58. The molecule has 1 saturated heterocycles. The summed E-state index contributed by atoms with van der Waals surface area (Å²) in [6, 6.07) is 16.4. The zero-order valence-electron chi connectivity index (χ0n) is 15.3. The first-order chi connectivity index (χ1) is 13.3. The number of likely N-dealkylation sites (tertiary alicyclic amines) is 1. The van der Waals surface area contributed by atoms with E-state index in [4.69, 9.17) is 16.6 Å². The van der Waals surface area contributed by atoms with E-state index in [1.807, 2.05) is 18.2 Å². The third kappa shape index (κ3) is 3.13. The van der Waals surface area contributed by atoms with Gasteiger partial charge in [0, 0.05) is 24.3 Å². The monoisotopic (exact) mass is 378 g/mol. The van der Waals surface area contributed by atoms with Gasteiger partial charge in [-0.3, -0.25) is 4.40 Å². The molecule has 0 aliphatic carbocycles. The van der Waals surface area contributed by atoms with Crippen molar-refractivity contribution in [1.29, 1.82) is 0 Å². The summed E-state index contributed by atoms with van der Waals surface area (Å²) in [5.41, 5.74) is 4.56. The molecule has 1 fully saturated rings. The molecule has 4 nitrogen and oxygen atoms in total. The molecule has 138 valence electrons. The van der Waals surface area contributed by atoms with E-state index in [-0.39, 0.29) is 0 Å². The number of piperidine rings is 1. The number of para-hydroxylation sites is 2. The Labute approximate surface area is 164 Å². The van der Waals surface area contributed by atoms with E-state index >= 15 is 0 Å². The van der Waals surface area contributed by atoms with Crippen molar-refractivity contribution in [1.82, 2.24) is 18.9 Å². The number of aromatic nitrogens is 3. The van der Waals surface area contributed by atoms with Crippen molar-refractivity contribution in [3.63, 3.8) is 0 Å². The first kappa shape index (κ1) is 16.8. The second kappa shape index (κ2) is 7.02. The minimum Gasteiger partial charge on any atom is -0.308 e. The lowest BCUT2D eigenvalue weighted by atomic mass is 10.1. The number of fused-ring (bicyclic) bond motifs is 3. The van der Waals surface area contributed by atoms with Gasteiger partial charge in [0.2, 0.25) is 5.78 Å². The molecular formula is C22H23ClN4. The number of hydrogen-bond acceptors (Lipinski definition) is 2. The summed E-state index contributed by atoms with van der Waals surface area (Å²) >= 11 is 6.11.